The third kappa shape index (κ3) is 3.60. The van der Waals surface area contributed by atoms with Crippen molar-refractivity contribution < 1.29 is 9.21 Å². The number of nitrogens with one attached hydrogen (secondary N) is 1. The topological polar surface area (TPSA) is 91.8 Å². The summed E-state index contributed by atoms with van der Waals surface area (Å²) in [4.78, 5) is 12.1. The number of aromatic nitrogens is 2. The number of anilines is 1. The summed E-state index contributed by atoms with van der Waals surface area (Å²) in [5, 5.41) is 19.1. The van der Waals surface area contributed by atoms with Gasteiger partial charge in [0.2, 0.25) is 5.89 Å². The molecule has 3 aromatic rings. The molecule has 0 aliphatic heterocycles. The van der Waals surface area contributed by atoms with Gasteiger partial charge in [-0.2, -0.15) is 5.26 Å². The summed E-state index contributed by atoms with van der Waals surface area (Å²) in [6, 6.07) is 18.1. The zero-order valence-corrected chi connectivity index (χ0v) is 12.1. The van der Waals surface area contributed by atoms with Gasteiger partial charge < -0.3 is 4.42 Å². The molecular formula is C17H12N4O2. The van der Waals surface area contributed by atoms with E-state index in [1.807, 2.05) is 36.4 Å². The van der Waals surface area contributed by atoms with E-state index in [-0.39, 0.29) is 6.01 Å². The summed E-state index contributed by atoms with van der Waals surface area (Å²) in [5.41, 5.74) is 1.80. The Morgan fingerprint density at radius 1 is 1.13 bits per heavy atom. The lowest BCUT2D eigenvalue weighted by atomic mass is 10.1. The Labute approximate surface area is 132 Å². The Balaban J connectivity index is 1.69. The second-order valence-electron chi connectivity index (χ2n) is 4.81. The first-order valence-corrected chi connectivity index (χ1v) is 6.92. The van der Waals surface area contributed by atoms with E-state index in [2.05, 4.69) is 15.5 Å². The molecule has 0 bridgehead atoms. The van der Waals surface area contributed by atoms with Crippen molar-refractivity contribution in [2.75, 3.05) is 5.32 Å². The minimum Gasteiger partial charge on any atom is -0.407 e. The van der Waals surface area contributed by atoms with Crippen molar-refractivity contribution >= 4 is 11.9 Å². The molecule has 0 saturated carbocycles. The predicted molar refractivity (Wildman–Crippen MR) is 82.7 cm³/mol. The number of nitrogens with zero attached hydrogens (tertiary/aromatic N) is 3. The van der Waals surface area contributed by atoms with E-state index in [0.29, 0.717) is 23.4 Å². The van der Waals surface area contributed by atoms with Gasteiger partial charge in [-0.1, -0.05) is 41.5 Å². The molecule has 6 heteroatoms. The molecule has 112 valence electrons. The van der Waals surface area contributed by atoms with Gasteiger partial charge in [0.05, 0.1) is 18.1 Å². The Kier molecular flexibility index (Phi) is 4.11. The molecule has 1 amide bonds. The van der Waals surface area contributed by atoms with Gasteiger partial charge in [0, 0.05) is 5.56 Å². The smallest absolute Gasteiger partial charge is 0.322 e. The van der Waals surface area contributed by atoms with Crippen molar-refractivity contribution in [1.82, 2.24) is 10.2 Å². The number of amides is 1. The lowest BCUT2D eigenvalue weighted by Crippen LogP contribution is -2.12. The third-order valence-corrected chi connectivity index (χ3v) is 3.14. The van der Waals surface area contributed by atoms with E-state index in [1.165, 1.54) is 6.07 Å². The molecule has 0 fully saturated rings. The first-order chi connectivity index (χ1) is 11.2. The maximum Gasteiger partial charge on any atom is 0.322 e. The molecule has 0 atom stereocenters. The van der Waals surface area contributed by atoms with Crippen molar-refractivity contribution in [2.24, 2.45) is 0 Å². The fourth-order valence-electron chi connectivity index (χ4n) is 2.05. The van der Waals surface area contributed by atoms with E-state index in [9.17, 15) is 4.79 Å². The lowest BCUT2D eigenvalue weighted by Gasteiger charge is -2.00. The summed E-state index contributed by atoms with van der Waals surface area (Å²) in [7, 11) is 0. The van der Waals surface area contributed by atoms with E-state index < -0.39 is 5.91 Å². The first kappa shape index (κ1) is 14.5. The fourth-order valence-corrected chi connectivity index (χ4v) is 2.05. The highest BCUT2D eigenvalue weighted by Gasteiger charge is 2.12. The van der Waals surface area contributed by atoms with Gasteiger partial charge in [0.1, 0.15) is 0 Å². The van der Waals surface area contributed by atoms with Crippen LogP contribution in [0.15, 0.2) is 59.0 Å². The van der Waals surface area contributed by atoms with Crippen LogP contribution in [0.4, 0.5) is 6.01 Å². The molecule has 0 aliphatic rings. The van der Waals surface area contributed by atoms with E-state index in [1.54, 1.807) is 18.2 Å². The number of carbonyl (C=O) groups is 1. The Morgan fingerprint density at radius 3 is 2.74 bits per heavy atom. The SMILES string of the molecule is N#Cc1cccc(C(=O)Nc2nnc(Cc3ccccc3)o2)c1. The largest absolute Gasteiger partial charge is 0.407 e. The average molecular weight is 304 g/mol. The quantitative estimate of drug-likeness (QED) is 0.800. The number of rotatable bonds is 4. The van der Waals surface area contributed by atoms with Crippen molar-refractivity contribution in [1.29, 1.82) is 5.26 Å². The number of nitriles is 1. The molecule has 3 rings (SSSR count). The molecule has 2 aromatic carbocycles. The van der Waals surface area contributed by atoms with Gasteiger partial charge in [-0.15, -0.1) is 5.10 Å². The molecular weight excluding hydrogens is 292 g/mol. The van der Waals surface area contributed by atoms with Crippen molar-refractivity contribution in [3.8, 4) is 6.07 Å². The van der Waals surface area contributed by atoms with E-state index in [4.69, 9.17) is 9.68 Å². The molecule has 23 heavy (non-hydrogen) atoms. The first-order valence-electron chi connectivity index (χ1n) is 6.92. The maximum absolute atomic E-state index is 12.1. The molecule has 1 N–H and O–H groups in total. The number of hydrogen-bond donors (Lipinski definition) is 1. The molecule has 1 heterocycles. The van der Waals surface area contributed by atoms with Crippen LogP contribution in [0.2, 0.25) is 0 Å². The van der Waals surface area contributed by atoms with Crippen molar-refractivity contribution in [2.45, 2.75) is 6.42 Å². The highest BCUT2D eigenvalue weighted by atomic mass is 16.4. The highest BCUT2D eigenvalue weighted by molar-refractivity contribution is 6.03. The Morgan fingerprint density at radius 2 is 1.96 bits per heavy atom. The molecule has 6 nitrogen and oxygen atoms in total. The highest BCUT2D eigenvalue weighted by Crippen LogP contribution is 2.12. The van der Waals surface area contributed by atoms with Crippen LogP contribution in [-0.2, 0) is 6.42 Å². The van der Waals surface area contributed by atoms with Crippen LogP contribution in [0.25, 0.3) is 0 Å². The second-order valence-corrected chi connectivity index (χ2v) is 4.81. The zero-order valence-electron chi connectivity index (χ0n) is 12.1. The lowest BCUT2D eigenvalue weighted by molar-refractivity contribution is 0.102. The number of hydrogen-bond acceptors (Lipinski definition) is 5. The normalized spacial score (nSPS) is 10.0. The van der Waals surface area contributed by atoms with Crippen molar-refractivity contribution in [3.05, 3.63) is 77.2 Å². The summed E-state index contributed by atoms with van der Waals surface area (Å²) >= 11 is 0. The minimum atomic E-state index is -0.406. The molecule has 0 radical (unpaired) electrons. The molecule has 0 aliphatic carbocycles. The van der Waals surface area contributed by atoms with Crippen LogP contribution in [0.5, 0.6) is 0 Å². The zero-order chi connectivity index (χ0) is 16.1. The molecule has 0 unspecified atom stereocenters. The minimum absolute atomic E-state index is 0.0308. The predicted octanol–water partition coefficient (Wildman–Crippen LogP) is 2.78. The van der Waals surface area contributed by atoms with Gasteiger partial charge >= 0.3 is 6.01 Å². The van der Waals surface area contributed by atoms with E-state index >= 15 is 0 Å². The summed E-state index contributed by atoms with van der Waals surface area (Å²) in [6.07, 6.45) is 0.494. The maximum atomic E-state index is 12.1. The summed E-state index contributed by atoms with van der Waals surface area (Å²) in [6.45, 7) is 0. The Hall–Kier alpha value is -3.46. The van der Waals surface area contributed by atoms with Crippen LogP contribution < -0.4 is 5.32 Å². The van der Waals surface area contributed by atoms with Crippen LogP contribution in [0.3, 0.4) is 0 Å². The second kappa shape index (κ2) is 6.54. The van der Waals surface area contributed by atoms with Crippen molar-refractivity contribution in [3.63, 3.8) is 0 Å². The van der Waals surface area contributed by atoms with Crippen LogP contribution in [0, 0.1) is 11.3 Å². The summed E-state index contributed by atoms with van der Waals surface area (Å²) < 4.78 is 5.42. The van der Waals surface area contributed by atoms with Crippen LogP contribution in [0.1, 0.15) is 27.4 Å². The van der Waals surface area contributed by atoms with Crippen LogP contribution in [-0.4, -0.2) is 16.1 Å². The summed E-state index contributed by atoms with van der Waals surface area (Å²) in [5.74, 6) is 0.00860. The van der Waals surface area contributed by atoms with Gasteiger partial charge in [0.25, 0.3) is 5.91 Å². The fraction of sp³-hybridized carbons (Fsp3) is 0.0588. The van der Waals surface area contributed by atoms with E-state index in [0.717, 1.165) is 5.56 Å². The van der Waals surface area contributed by atoms with Gasteiger partial charge in [-0.3, -0.25) is 10.1 Å². The molecule has 1 aromatic heterocycles. The third-order valence-electron chi connectivity index (χ3n) is 3.14. The molecule has 0 spiro atoms. The standard InChI is InChI=1S/C17H12N4O2/c18-11-13-7-4-8-14(9-13)16(22)19-17-21-20-15(23-17)10-12-5-2-1-3-6-12/h1-9H,10H2,(H,19,21,22). The average Bonchev–Trinajstić information content (AvgIpc) is 3.02. The number of benzene rings is 2. The van der Waals surface area contributed by atoms with Crippen LogP contribution >= 0.6 is 0 Å². The van der Waals surface area contributed by atoms with Gasteiger partial charge in [-0.25, -0.2) is 0 Å². The van der Waals surface area contributed by atoms with Gasteiger partial charge in [0.15, 0.2) is 0 Å². The van der Waals surface area contributed by atoms with Gasteiger partial charge in [-0.05, 0) is 23.8 Å². The molecule has 0 saturated heterocycles. The monoisotopic (exact) mass is 304 g/mol. The number of carbonyl (C=O) groups excluding carboxylic acids is 1. The Bertz CT molecular complexity index is 866.